The predicted octanol–water partition coefficient (Wildman–Crippen LogP) is 5.95. The molecule has 2 aromatic carbocycles. The number of hydrogen-bond donors (Lipinski definition) is 0. The van der Waals surface area contributed by atoms with Gasteiger partial charge >= 0.3 is 12.4 Å². The molecule has 0 fully saturated rings. The Kier molecular flexibility index (Phi) is 8.04. The standard InChI is InChI=1S/C23H23F6N3O3S/c1-31(2)8-5-9-32(21-30-18-16(34-3)6-7-17(35-4)19(18)36-21)20(33)13-10-14(22(24,25)26)12-15(11-13)23(27,28)29/h6-7,10-12H,5,8-9H2,1-4H3. The maximum Gasteiger partial charge on any atom is 0.416 e. The van der Waals surface area contributed by atoms with E-state index >= 15 is 0 Å². The summed E-state index contributed by atoms with van der Waals surface area (Å²) in [5.74, 6) is -0.247. The minimum Gasteiger partial charge on any atom is -0.495 e. The Morgan fingerprint density at radius 2 is 1.47 bits per heavy atom. The van der Waals surface area contributed by atoms with E-state index in [1.165, 1.54) is 14.2 Å². The molecule has 3 aromatic rings. The third-order valence-corrected chi connectivity index (χ3v) is 6.29. The molecule has 0 N–H and O–H groups in total. The molecule has 6 nitrogen and oxygen atoms in total. The maximum atomic E-state index is 13.4. The van der Waals surface area contributed by atoms with E-state index in [9.17, 15) is 31.1 Å². The third kappa shape index (κ3) is 6.01. The van der Waals surface area contributed by atoms with Gasteiger partial charge < -0.3 is 14.4 Å². The third-order valence-electron chi connectivity index (χ3n) is 5.20. The second kappa shape index (κ2) is 10.5. The molecule has 0 atom stereocenters. The van der Waals surface area contributed by atoms with Gasteiger partial charge in [-0.3, -0.25) is 9.69 Å². The average Bonchev–Trinajstić information content (AvgIpc) is 3.24. The number of carbonyl (C=O) groups is 1. The van der Waals surface area contributed by atoms with Crippen LogP contribution in [0.25, 0.3) is 10.2 Å². The van der Waals surface area contributed by atoms with Gasteiger partial charge in [-0.15, -0.1) is 0 Å². The molecule has 0 bridgehead atoms. The van der Waals surface area contributed by atoms with Crippen molar-refractivity contribution in [2.24, 2.45) is 0 Å². The number of amides is 1. The zero-order valence-electron chi connectivity index (χ0n) is 19.8. The number of nitrogens with zero attached hydrogens (tertiary/aromatic N) is 3. The molecular formula is C23H23F6N3O3S. The number of thiazole rings is 1. The minimum atomic E-state index is -5.08. The SMILES string of the molecule is COc1ccc(OC)c2sc(N(CCCN(C)C)C(=O)c3cc(C(F)(F)F)cc(C(F)(F)F)c3)nc12. The highest BCUT2D eigenvalue weighted by Gasteiger charge is 2.38. The van der Waals surface area contributed by atoms with E-state index < -0.39 is 35.0 Å². The second-order valence-electron chi connectivity index (χ2n) is 8.05. The highest BCUT2D eigenvalue weighted by molar-refractivity contribution is 7.22. The monoisotopic (exact) mass is 535 g/mol. The van der Waals surface area contributed by atoms with E-state index in [-0.39, 0.29) is 17.7 Å². The van der Waals surface area contributed by atoms with Crippen molar-refractivity contribution in [1.29, 1.82) is 0 Å². The molecule has 1 heterocycles. The van der Waals surface area contributed by atoms with E-state index in [0.29, 0.717) is 46.8 Å². The highest BCUT2D eigenvalue weighted by Crippen LogP contribution is 2.41. The normalized spacial score (nSPS) is 12.3. The van der Waals surface area contributed by atoms with Gasteiger partial charge in [0.2, 0.25) is 0 Å². The Balaban J connectivity index is 2.16. The maximum absolute atomic E-state index is 13.4. The molecule has 0 aliphatic heterocycles. The number of benzene rings is 2. The van der Waals surface area contributed by atoms with E-state index in [0.717, 1.165) is 16.2 Å². The van der Waals surface area contributed by atoms with Crippen LogP contribution in [-0.2, 0) is 12.4 Å². The summed E-state index contributed by atoms with van der Waals surface area (Å²) in [7, 11) is 6.44. The summed E-state index contributed by atoms with van der Waals surface area (Å²) in [6, 6.07) is 4.06. The van der Waals surface area contributed by atoms with Crippen LogP contribution in [0.2, 0.25) is 0 Å². The number of aromatic nitrogens is 1. The van der Waals surface area contributed by atoms with E-state index in [1.807, 2.05) is 4.90 Å². The molecule has 0 saturated heterocycles. The molecule has 0 aliphatic carbocycles. The van der Waals surface area contributed by atoms with Crippen molar-refractivity contribution in [1.82, 2.24) is 9.88 Å². The molecule has 0 spiro atoms. The quantitative estimate of drug-likeness (QED) is 0.334. The first-order chi connectivity index (χ1) is 16.8. The summed E-state index contributed by atoms with van der Waals surface area (Å²) in [5.41, 5.74) is -3.54. The number of methoxy groups -OCH3 is 2. The molecule has 1 aromatic heterocycles. The van der Waals surface area contributed by atoms with Gasteiger partial charge in [-0.05, 0) is 57.4 Å². The molecule has 13 heteroatoms. The Hall–Kier alpha value is -3.06. The lowest BCUT2D eigenvalue weighted by Gasteiger charge is -2.22. The molecule has 0 aliphatic rings. The largest absolute Gasteiger partial charge is 0.495 e. The fourth-order valence-corrected chi connectivity index (χ4v) is 4.55. The first-order valence-electron chi connectivity index (χ1n) is 10.5. The smallest absolute Gasteiger partial charge is 0.416 e. The van der Waals surface area contributed by atoms with Gasteiger partial charge in [-0.2, -0.15) is 26.3 Å². The van der Waals surface area contributed by atoms with Crippen molar-refractivity contribution in [3.63, 3.8) is 0 Å². The van der Waals surface area contributed by atoms with Crippen molar-refractivity contribution < 1.29 is 40.6 Å². The lowest BCUT2D eigenvalue weighted by Crippen LogP contribution is -2.34. The van der Waals surface area contributed by atoms with Crippen LogP contribution < -0.4 is 14.4 Å². The van der Waals surface area contributed by atoms with E-state index in [4.69, 9.17) is 9.47 Å². The van der Waals surface area contributed by atoms with Gasteiger partial charge in [0.15, 0.2) is 5.13 Å². The minimum absolute atomic E-state index is 0.000930. The summed E-state index contributed by atoms with van der Waals surface area (Å²) in [6.45, 7) is 0.511. The summed E-state index contributed by atoms with van der Waals surface area (Å²) >= 11 is 1.02. The average molecular weight is 536 g/mol. The van der Waals surface area contributed by atoms with Crippen LogP contribution in [0.1, 0.15) is 27.9 Å². The van der Waals surface area contributed by atoms with Gasteiger partial charge in [-0.25, -0.2) is 4.98 Å². The Morgan fingerprint density at radius 1 is 0.917 bits per heavy atom. The molecule has 0 radical (unpaired) electrons. The topological polar surface area (TPSA) is 54.9 Å². The second-order valence-corrected chi connectivity index (χ2v) is 9.03. The number of ether oxygens (including phenoxy) is 2. The summed E-state index contributed by atoms with van der Waals surface area (Å²) in [6.07, 6.45) is -9.78. The number of hydrogen-bond acceptors (Lipinski definition) is 6. The number of rotatable bonds is 8. The Labute approximate surface area is 207 Å². The molecule has 1 amide bonds. The lowest BCUT2D eigenvalue weighted by atomic mass is 10.0. The molecular weight excluding hydrogens is 512 g/mol. The van der Waals surface area contributed by atoms with Gasteiger partial charge in [0.05, 0.1) is 25.3 Å². The lowest BCUT2D eigenvalue weighted by molar-refractivity contribution is -0.143. The van der Waals surface area contributed by atoms with Crippen molar-refractivity contribution in [3.05, 3.63) is 47.0 Å². The molecule has 0 unspecified atom stereocenters. The van der Waals surface area contributed by atoms with Crippen LogP contribution in [-0.4, -0.2) is 57.2 Å². The van der Waals surface area contributed by atoms with Crippen LogP contribution in [0.3, 0.4) is 0 Å². The molecule has 36 heavy (non-hydrogen) atoms. The van der Waals surface area contributed by atoms with Crippen LogP contribution in [0.15, 0.2) is 30.3 Å². The Morgan fingerprint density at radius 3 is 1.97 bits per heavy atom. The zero-order chi connectivity index (χ0) is 26.8. The number of alkyl halides is 6. The van der Waals surface area contributed by atoms with E-state index in [2.05, 4.69) is 4.98 Å². The molecule has 196 valence electrons. The van der Waals surface area contributed by atoms with Crippen molar-refractivity contribution in [2.75, 3.05) is 46.3 Å². The van der Waals surface area contributed by atoms with Crippen LogP contribution >= 0.6 is 11.3 Å². The molecule has 3 rings (SSSR count). The van der Waals surface area contributed by atoms with Crippen LogP contribution in [0, 0.1) is 0 Å². The van der Waals surface area contributed by atoms with Crippen molar-refractivity contribution >= 4 is 32.6 Å². The summed E-state index contributed by atoms with van der Waals surface area (Å²) in [4.78, 5) is 20.8. The predicted molar refractivity (Wildman–Crippen MR) is 124 cm³/mol. The van der Waals surface area contributed by atoms with Crippen molar-refractivity contribution in [3.8, 4) is 11.5 Å². The van der Waals surface area contributed by atoms with Gasteiger partial charge in [0, 0.05) is 12.1 Å². The fourth-order valence-electron chi connectivity index (χ4n) is 3.45. The molecule has 0 saturated carbocycles. The highest BCUT2D eigenvalue weighted by atomic mass is 32.1. The number of anilines is 1. The van der Waals surface area contributed by atoms with Gasteiger partial charge in [-0.1, -0.05) is 11.3 Å². The van der Waals surface area contributed by atoms with Gasteiger partial charge in [0.1, 0.15) is 21.7 Å². The first kappa shape index (κ1) is 27.5. The van der Waals surface area contributed by atoms with E-state index in [1.54, 1.807) is 26.2 Å². The van der Waals surface area contributed by atoms with Crippen LogP contribution in [0.4, 0.5) is 31.5 Å². The van der Waals surface area contributed by atoms with Crippen molar-refractivity contribution in [2.45, 2.75) is 18.8 Å². The fraction of sp³-hybridized carbons (Fsp3) is 0.391. The zero-order valence-corrected chi connectivity index (χ0v) is 20.6. The first-order valence-corrected chi connectivity index (χ1v) is 11.4. The van der Waals surface area contributed by atoms with Gasteiger partial charge in [0.25, 0.3) is 5.91 Å². The number of fused-ring (bicyclic) bond motifs is 1. The summed E-state index contributed by atoms with van der Waals surface area (Å²) in [5, 5.41) is 0.0857. The van der Waals surface area contributed by atoms with Crippen LogP contribution in [0.5, 0.6) is 11.5 Å². The number of carbonyl (C=O) groups excluding carboxylic acids is 1. The summed E-state index contributed by atoms with van der Waals surface area (Å²) < 4.78 is 91.5. The number of halogens is 6. The Bertz CT molecular complexity index is 1170.